The molecule has 3 nitrogen and oxygen atoms in total. The molecule has 1 aliphatic heterocycles. The number of morpholine rings is 1. The average molecular weight is 172 g/mol. The molecule has 0 aromatic carbocycles. The highest BCUT2D eigenvalue weighted by molar-refractivity contribution is 4.88. The first-order chi connectivity index (χ1) is 6.24. The van der Waals surface area contributed by atoms with E-state index in [1.54, 1.807) is 0 Å². The van der Waals surface area contributed by atoms with Gasteiger partial charge in [0, 0.05) is 27.6 Å². The number of rotatable bonds is 3. The lowest BCUT2D eigenvalue weighted by Crippen LogP contribution is -2.37. The molecule has 70 valence electrons. The maximum absolute atomic E-state index is 8.91. The Morgan fingerprint density at radius 3 is 2.83 bits per heavy atom. The molecule has 0 aromatic heterocycles. The van der Waals surface area contributed by atoms with Crippen LogP contribution in [0.5, 0.6) is 0 Å². The van der Waals surface area contributed by atoms with Crippen molar-refractivity contribution in [3.8, 4) is 0 Å². The standard InChI is InChI=1S/C9H17NO2/c11-7-9-5-8(9)6-10-1-3-12-4-2-10/h8-9,11H,1-7H2/i8D. The predicted octanol–water partition coefficient (Wildman–Crippen LogP) is -0.0530. The lowest BCUT2D eigenvalue weighted by Gasteiger charge is -2.26. The first kappa shape index (κ1) is 7.30. The minimum absolute atomic E-state index is 0.174. The molecule has 2 rings (SSSR count). The zero-order valence-electron chi connectivity index (χ0n) is 8.33. The van der Waals surface area contributed by atoms with Crippen molar-refractivity contribution in [1.29, 1.82) is 0 Å². The van der Waals surface area contributed by atoms with E-state index in [0.717, 1.165) is 39.3 Å². The zero-order chi connectivity index (χ0) is 9.31. The van der Waals surface area contributed by atoms with E-state index < -0.39 is 0 Å². The molecule has 0 spiro atoms. The minimum Gasteiger partial charge on any atom is -0.396 e. The van der Waals surface area contributed by atoms with Gasteiger partial charge in [0.15, 0.2) is 0 Å². The Kier molecular flexibility index (Phi) is 2.27. The third kappa shape index (κ3) is 1.97. The third-order valence-electron chi connectivity index (χ3n) is 2.68. The predicted molar refractivity (Wildman–Crippen MR) is 45.9 cm³/mol. The summed E-state index contributed by atoms with van der Waals surface area (Å²) in [6.07, 6.45) is 0.862. The molecule has 12 heavy (non-hydrogen) atoms. The molecule has 2 atom stereocenters. The molecule has 2 unspecified atom stereocenters. The van der Waals surface area contributed by atoms with Gasteiger partial charge >= 0.3 is 0 Å². The molecule has 3 heteroatoms. The van der Waals surface area contributed by atoms with E-state index in [4.69, 9.17) is 11.2 Å². The van der Waals surface area contributed by atoms with Gasteiger partial charge in [-0.3, -0.25) is 4.90 Å². The molecule has 1 aliphatic carbocycles. The fourth-order valence-electron chi connectivity index (χ4n) is 1.69. The minimum atomic E-state index is -0.355. The summed E-state index contributed by atoms with van der Waals surface area (Å²) in [6, 6.07) is 0. The summed E-state index contributed by atoms with van der Waals surface area (Å²) in [6.45, 7) is 4.45. The monoisotopic (exact) mass is 172 g/mol. The molecule has 1 saturated heterocycles. The zero-order valence-corrected chi connectivity index (χ0v) is 7.33. The van der Waals surface area contributed by atoms with E-state index in [9.17, 15) is 0 Å². The van der Waals surface area contributed by atoms with Crippen LogP contribution in [0.15, 0.2) is 0 Å². The lowest BCUT2D eigenvalue weighted by atomic mass is 10.3. The molecule has 0 amide bonds. The van der Waals surface area contributed by atoms with E-state index >= 15 is 0 Å². The maximum Gasteiger partial charge on any atom is 0.0594 e. The number of nitrogens with zero attached hydrogens (tertiary/aromatic N) is 1. The highest BCUT2D eigenvalue weighted by Crippen LogP contribution is 2.38. The van der Waals surface area contributed by atoms with Crippen molar-refractivity contribution in [3.05, 3.63) is 0 Å². The second-order valence-corrected chi connectivity index (χ2v) is 3.63. The van der Waals surface area contributed by atoms with E-state index in [1.807, 2.05) is 0 Å². The van der Waals surface area contributed by atoms with Crippen molar-refractivity contribution in [3.63, 3.8) is 0 Å². The summed E-state index contributed by atoms with van der Waals surface area (Å²) in [7, 11) is 0. The van der Waals surface area contributed by atoms with Crippen LogP contribution in [-0.2, 0) is 4.74 Å². The van der Waals surface area contributed by atoms with Crippen molar-refractivity contribution < 1.29 is 11.2 Å². The van der Waals surface area contributed by atoms with Crippen molar-refractivity contribution >= 4 is 0 Å². The normalized spacial score (nSPS) is 44.1. The van der Waals surface area contributed by atoms with Crippen LogP contribution in [0.3, 0.4) is 0 Å². The summed E-state index contributed by atoms with van der Waals surface area (Å²) in [5, 5.41) is 8.91. The molecule has 0 bridgehead atoms. The molecule has 2 aliphatic rings. The Bertz CT molecular complexity index is 184. The number of hydrogen-bond acceptors (Lipinski definition) is 3. The highest BCUT2D eigenvalue weighted by Gasteiger charge is 2.37. The molecule has 1 heterocycles. The fourth-order valence-corrected chi connectivity index (χ4v) is 1.69. The van der Waals surface area contributed by atoms with Gasteiger partial charge in [0.2, 0.25) is 0 Å². The van der Waals surface area contributed by atoms with Gasteiger partial charge in [-0.15, -0.1) is 0 Å². The van der Waals surface area contributed by atoms with Gasteiger partial charge in [-0.25, -0.2) is 0 Å². The van der Waals surface area contributed by atoms with Crippen molar-refractivity contribution in [2.45, 2.75) is 6.42 Å². The van der Waals surface area contributed by atoms with Gasteiger partial charge in [-0.1, -0.05) is 0 Å². The van der Waals surface area contributed by atoms with Gasteiger partial charge < -0.3 is 9.84 Å². The average Bonchev–Trinajstić information content (AvgIpc) is 2.78. The second kappa shape index (κ2) is 3.73. The van der Waals surface area contributed by atoms with Gasteiger partial charge in [0.25, 0.3) is 0 Å². The maximum atomic E-state index is 8.91. The van der Waals surface area contributed by atoms with Gasteiger partial charge in [-0.2, -0.15) is 0 Å². The van der Waals surface area contributed by atoms with Gasteiger partial charge in [0.1, 0.15) is 0 Å². The van der Waals surface area contributed by atoms with Crippen LogP contribution >= 0.6 is 0 Å². The molecule has 1 N–H and O–H groups in total. The Labute approximate surface area is 74.7 Å². The molecule has 1 saturated carbocycles. The number of aliphatic hydroxyl groups is 1. The highest BCUT2D eigenvalue weighted by atomic mass is 16.5. The topological polar surface area (TPSA) is 32.7 Å². The Hall–Kier alpha value is -0.120. The lowest BCUT2D eigenvalue weighted by molar-refractivity contribution is 0.0347. The summed E-state index contributed by atoms with van der Waals surface area (Å²) >= 11 is 0. The van der Waals surface area contributed by atoms with E-state index in [0.29, 0.717) is 0 Å². The SMILES string of the molecule is [2H]C1(CN2CCOCC2)CC1CO. The quantitative estimate of drug-likeness (QED) is 0.647. The van der Waals surface area contributed by atoms with Crippen LogP contribution in [0.25, 0.3) is 0 Å². The number of hydrogen-bond donors (Lipinski definition) is 1. The van der Waals surface area contributed by atoms with Crippen LogP contribution in [0.2, 0.25) is 0 Å². The molecule has 0 radical (unpaired) electrons. The van der Waals surface area contributed by atoms with Crippen LogP contribution in [0, 0.1) is 11.8 Å². The summed E-state index contributed by atoms with van der Waals surface area (Å²) < 4.78 is 13.2. The van der Waals surface area contributed by atoms with Crippen molar-refractivity contribution in [1.82, 2.24) is 4.90 Å². The molecule has 0 aromatic rings. The van der Waals surface area contributed by atoms with Crippen LogP contribution < -0.4 is 0 Å². The first-order valence-corrected chi connectivity index (χ1v) is 4.65. The fraction of sp³-hybridized carbons (Fsp3) is 1.00. The van der Waals surface area contributed by atoms with E-state index in [1.165, 1.54) is 0 Å². The van der Waals surface area contributed by atoms with Crippen LogP contribution in [0.1, 0.15) is 7.79 Å². The summed E-state index contributed by atoms with van der Waals surface area (Å²) in [5.41, 5.74) is 0. The van der Waals surface area contributed by atoms with Gasteiger partial charge in [0.05, 0.1) is 13.2 Å². The van der Waals surface area contributed by atoms with E-state index in [2.05, 4.69) is 4.90 Å². The van der Waals surface area contributed by atoms with E-state index in [-0.39, 0.29) is 18.4 Å². The molecular weight excluding hydrogens is 154 g/mol. The molecular formula is C9H17NO2. The van der Waals surface area contributed by atoms with Crippen molar-refractivity contribution in [2.75, 3.05) is 39.5 Å². The summed E-state index contributed by atoms with van der Waals surface area (Å²) in [5.74, 6) is -0.137. The largest absolute Gasteiger partial charge is 0.396 e. The Balaban J connectivity index is 1.77. The second-order valence-electron chi connectivity index (χ2n) is 3.63. The third-order valence-corrected chi connectivity index (χ3v) is 2.68. The smallest absolute Gasteiger partial charge is 0.0594 e. The first-order valence-electron chi connectivity index (χ1n) is 5.15. The number of ether oxygens (including phenoxy) is 1. The Morgan fingerprint density at radius 1 is 1.50 bits per heavy atom. The number of aliphatic hydroxyl groups excluding tert-OH is 1. The Morgan fingerprint density at radius 2 is 2.25 bits per heavy atom. The molecule has 2 fully saturated rings. The van der Waals surface area contributed by atoms with Crippen molar-refractivity contribution in [2.24, 2.45) is 11.8 Å². The van der Waals surface area contributed by atoms with Crippen LogP contribution in [-0.4, -0.2) is 49.5 Å². The van der Waals surface area contributed by atoms with Crippen LogP contribution in [0.4, 0.5) is 0 Å². The van der Waals surface area contributed by atoms with Gasteiger partial charge in [-0.05, 0) is 18.2 Å². The summed E-state index contributed by atoms with van der Waals surface area (Å²) in [4.78, 5) is 2.27.